The molecule has 0 radical (unpaired) electrons. The standard InChI is InChI=1S/C22H20N4O3/c1-3-26-21(28)18-6-4-5-7-19(18)23-22(26)25-24-20(27)16-9-8-15-13-17(29-2)11-10-14(15)12-16/h4-13H,3H2,1-2H3,(H,23,25)(H,24,27). The molecule has 0 bridgehead atoms. The smallest absolute Gasteiger partial charge is 0.269 e. The number of hydrogen-bond donors (Lipinski definition) is 2. The molecule has 1 amide bonds. The molecule has 1 aromatic heterocycles. The van der Waals surface area contributed by atoms with Crippen LogP contribution >= 0.6 is 0 Å². The number of anilines is 1. The van der Waals surface area contributed by atoms with Gasteiger partial charge in [-0.15, -0.1) is 0 Å². The first-order chi connectivity index (χ1) is 14.1. The van der Waals surface area contributed by atoms with E-state index in [0.717, 1.165) is 16.5 Å². The van der Waals surface area contributed by atoms with E-state index < -0.39 is 0 Å². The number of amides is 1. The van der Waals surface area contributed by atoms with Crippen molar-refractivity contribution in [3.63, 3.8) is 0 Å². The summed E-state index contributed by atoms with van der Waals surface area (Å²) in [5.41, 5.74) is 6.32. The topological polar surface area (TPSA) is 85.2 Å². The quantitative estimate of drug-likeness (QED) is 0.512. The summed E-state index contributed by atoms with van der Waals surface area (Å²) < 4.78 is 6.71. The second-order valence-corrected chi connectivity index (χ2v) is 6.51. The number of hydrogen-bond acceptors (Lipinski definition) is 5. The molecule has 0 spiro atoms. The third-order valence-electron chi connectivity index (χ3n) is 4.78. The fourth-order valence-corrected chi connectivity index (χ4v) is 3.23. The highest BCUT2D eigenvalue weighted by Gasteiger charge is 2.12. The number of fused-ring (bicyclic) bond motifs is 2. The van der Waals surface area contributed by atoms with Crippen LogP contribution in [0.3, 0.4) is 0 Å². The van der Waals surface area contributed by atoms with Crippen molar-refractivity contribution in [2.24, 2.45) is 0 Å². The summed E-state index contributed by atoms with van der Waals surface area (Å²) in [5, 5.41) is 2.44. The molecule has 0 atom stereocenters. The molecule has 3 aromatic carbocycles. The molecule has 7 heteroatoms. The van der Waals surface area contributed by atoms with Gasteiger partial charge in [0.2, 0.25) is 5.95 Å². The van der Waals surface area contributed by atoms with Gasteiger partial charge in [-0.1, -0.05) is 24.3 Å². The number of methoxy groups -OCH3 is 1. The molecule has 1 heterocycles. The van der Waals surface area contributed by atoms with Crippen molar-refractivity contribution in [1.29, 1.82) is 0 Å². The lowest BCUT2D eigenvalue weighted by Crippen LogP contribution is -2.34. The fourth-order valence-electron chi connectivity index (χ4n) is 3.23. The molecule has 4 aromatic rings. The lowest BCUT2D eigenvalue weighted by molar-refractivity contribution is 0.0962. The Morgan fingerprint density at radius 3 is 2.62 bits per heavy atom. The predicted molar refractivity (Wildman–Crippen MR) is 113 cm³/mol. The van der Waals surface area contributed by atoms with Crippen LogP contribution in [0.5, 0.6) is 5.75 Å². The molecular formula is C22H20N4O3. The van der Waals surface area contributed by atoms with E-state index in [2.05, 4.69) is 15.8 Å². The van der Waals surface area contributed by atoms with Gasteiger partial charge in [0.1, 0.15) is 5.75 Å². The Balaban J connectivity index is 1.59. The van der Waals surface area contributed by atoms with E-state index in [-0.39, 0.29) is 17.4 Å². The van der Waals surface area contributed by atoms with E-state index >= 15 is 0 Å². The number of carbonyl (C=O) groups is 1. The monoisotopic (exact) mass is 388 g/mol. The first kappa shape index (κ1) is 18.5. The van der Waals surface area contributed by atoms with Crippen LogP contribution in [0, 0.1) is 0 Å². The van der Waals surface area contributed by atoms with Crippen molar-refractivity contribution >= 4 is 33.5 Å². The van der Waals surface area contributed by atoms with Crippen LogP contribution in [0.4, 0.5) is 5.95 Å². The minimum absolute atomic E-state index is 0.158. The summed E-state index contributed by atoms with van der Waals surface area (Å²) in [6.45, 7) is 2.27. The fraction of sp³-hybridized carbons (Fsp3) is 0.136. The van der Waals surface area contributed by atoms with Crippen LogP contribution in [0.15, 0.2) is 65.5 Å². The number of nitrogens with one attached hydrogen (secondary N) is 2. The van der Waals surface area contributed by atoms with Gasteiger partial charge in [-0.05, 0) is 54.1 Å². The minimum Gasteiger partial charge on any atom is -0.497 e. The third-order valence-corrected chi connectivity index (χ3v) is 4.78. The van der Waals surface area contributed by atoms with Gasteiger partial charge in [0, 0.05) is 12.1 Å². The number of nitrogens with zero attached hydrogens (tertiary/aromatic N) is 2. The maximum absolute atomic E-state index is 12.7. The van der Waals surface area contributed by atoms with Gasteiger partial charge in [-0.2, -0.15) is 0 Å². The lowest BCUT2D eigenvalue weighted by atomic mass is 10.1. The predicted octanol–water partition coefficient (Wildman–Crippen LogP) is 3.34. The minimum atomic E-state index is -0.326. The van der Waals surface area contributed by atoms with Crippen LogP contribution < -0.4 is 21.1 Å². The molecule has 0 aliphatic heterocycles. The van der Waals surface area contributed by atoms with Gasteiger partial charge >= 0.3 is 0 Å². The summed E-state index contributed by atoms with van der Waals surface area (Å²) in [6, 6.07) is 18.2. The molecule has 0 unspecified atom stereocenters. The van der Waals surface area contributed by atoms with Crippen LogP contribution in [0.25, 0.3) is 21.7 Å². The molecule has 146 valence electrons. The van der Waals surface area contributed by atoms with Crippen molar-refractivity contribution < 1.29 is 9.53 Å². The number of hydrazine groups is 1. The Morgan fingerprint density at radius 1 is 1.07 bits per heavy atom. The second-order valence-electron chi connectivity index (χ2n) is 6.51. The van der Waals surface area contributed by atoms with E-state index in [1.807, 2.05) is 37.3 Å². The van der Waals surface area contributed by atoms with E-state index in [4.69, 9.17) is 4.74 Å². The van der Waals surface area contributed by atoms with Crippen molar-refractivity contribution in [2.75, 3.05) is 12.5 Å². The van der Waals surface area contributed by atoms with Crippen molar-refractivity contribution in [3.8, 4) is 5.75 Å². The third kappa shape index (κ3) is 3.50. The summed E-state index contributed by atoms with van der Waals surface area (Å²) in [7, 11) is 1.62. The Hall–Kier alpha value is -3.87. The zero-order valence-electron chi connectivity index (χ0n) is 16.1. The number of ether oxygens (including phenoxy) is 1. The Labute approximate surface area is 166 Å². The number of benzene rings is 3. The van der Waals surface area contributed by atoms with Crippen LogP contribution in [0.2, 0.25) is 0 Å². The van der Waals surface area contributed by atoms with Crippen molar-refractivity contribution in [1.82, 2.24) is 15.0 Å². The SMILES string of the molecule is CCn1c(NNC(=O)c2ccc3cc(OC)ccc3c2)nc2ccccc2c1=O. The maximum atomic E-state index is 12.7. The largest absolute Gasteiger partial charge is 0.497 e. The van der Waals surface area contributed by atoms with Gasteiger partial charge < -0.3 is 4.74 Å². The van der Waals surface area contributed by atoms with Crippen LogP contribution in [0.1, 0.15) is 17.3 Å². The molecule has 29 heavy (non-hydrogen) atoms. The highest BCUT2D eigenvalue weighted by Crippen LogP contribution is 2.22. The molecule has 0 saturated heterocycles. The zero-order valence-corrected chi connectivity index (χ0v) is 16.1. The molecular weight excluding hydrogens is 368 g/mol. The summed E-state index contributed by atoms with van der Waals surface area (Å²) in [5.74, 6) is 0.721. The lowest BCUT2D eigenvalue weighted by Gasteiger charge is -2.14. The van der Waals surface area contributed by atoms with E-state index in [0.29, 0.717) is 23.0 Å². The van der Waals surface area contributed by atoms with Crippen LogP contribution in [-0.4, -0.2) is 22.6 Å². The number of para-hydroxylation sites is 1. The highest BCUT2D eigenvalue weighted by atomic mass is 16.5. The summed E-state index contributed by atoms with van der Waals surface area (Å²) in [4.78, 5) is 29.7. The van der Waals surface area contributed by atoms with Gasteiger partial charge in [0.25, 0.3) is 11.5 Å². The van der Waals surface area contributed by atoms with E-state index in [1.165, 1.54) is 4.57 Å². The zero-order chi connectivity index (χ0) is 20.4. The van der Waals surface area contributed by atoms with Gasteiger partial charge in [0.15, 0.2) is 0 Å². The highest BCUT2D eigenvalue weighted by molar-refractivity contribution is 5.99. The van der Waals surface area contributed by atoms with Gasteiger partial charge in [0.05, 0.1) is 18.0 Å². The van der Waals surface area contributed by atoms with E-state index in [1.54, 1.807) is 37.4 Å². The Morgan fingerprint density at radius 2 is 1.83 bits per heavy atom. The molecule has 0 aliphatic carbocycles. The Kier molecular flexibility index (Phi) is 4.87. The second kappa shape index (κ2) is 7.63. The summed E-state index contributed by atoms with van der Waals surface area (Å²) >= 11 is 0. The van der Waals surface area contributed by atoms with Crippen molar-refractivity contribution in [3.05, 3.63) is 76.6 Å². The first-order valence-corrected chi connectivity index (χ1v) is 9.24. The van der Waals surface area contributed by atoms with Crippen LogP contribution in [-0.2, 0) is 6.54 Å². The molecule has 2 N–H and O–H groups in total. The molecule has 7 nitrogen and oxygen atoms in total. The number of carbonyl (C=O) groups excluding carboxylic acids is 1. The van der Waals surface area contributed by atoms with E-state index in [9.17, 15) is 9.59 Å². The van der Waals surface area contributed by atoms with Crippen molar-refractivity contribution in [2.45, 2.75) is 13.5 Å². The average molecular weight is 388 g/mol. The molecule has 4 rings (SSSR count). The number of rotatable bonds is 5. The average Bonchev–Trinajstić information content (AvgIpc) is 2.76. The maximum Gasteiger partial charge on any atom is 0.269 e. The normalized spacial score (nSPS) is 10.8. The Bertz CT molecular complexity index is 1280. The van der Waals surface area contributed by atoms with Gasteiger partial charge in [-0.25, -0.2) is 4.98 Å². The molecule has 0 fully saturated rings. The number of aromatic nitrogens is 2. The van der Waals surface area contributed by atoms with Gasteiger partial charge in [-0.3, -0.25) is 25.0 Å². The molecule has 0 saturated carbocycles. The summed E-state index contributed by atoms with van der Waals surface area (Å²) in [6.07, 6.45) is 0. The first-order valence-electron chi connectivity index (χ1n) is 9.24. The molecule has 0 aliphatic rings.